The van der Waals surface area contributed by atoms with Gasteiger partial charge in [-0.25, -0.2) is 0 Å². The first kappa shape index (κ1) is 13.0. The average Bonchev–Trinajstić information content (AvgIpc) is 2.38. The summed E-state index contributed by atoms with van der Waals surface area (Å²) >= 11 is 0. The highest BCUT2D eigenvalue weighted by Crippen LogP contribution is 2.16. The molecule has 2 unspecified atom stereocenters. The maximum Gasteiger partial charge on any atom is 0.241 e. The van der Waals surface area contributed by atoms with Gasteiger partial charge in [-0.05, 0) is 26.1 Å². The number of aromatic nitrogens is 1. The Morgan fingerprint density at radius 1 is 1.50 bits per heavy atom. The average molecular weight is 248 g/mol. The van der Waals surface area contributed by atoms with Gasteiger partial charge in [0.05, 0.1) is 12.2 Å². The number of carbonyl (C=O) groups is 1. The Morgan fingerprint density at radius 2 is 2.28 bits per heavy atom. The fraction of sp³-hybridized carbons (Fsp3) is 0.538. The Morgan fingerprint density at radius 3 is 2.89 bits per heavy atom. The van der Waals surface area contributed by atoms with Crippen LogP contribution in [0.2, 0.25) is 0 Å². The largest absolute Gasteiger partial charge is 0.334 e. The first-order valence-electron chi connectivity index (χ1n) is 6.24. The van der Waals surface area contributed by atoms with Gasteiger partial charge in [0.1, 0.15) is 6.04 Å². The molecule has 5 heteroatoms. The first-order chi connectivity index (χ1) is 8.63. The summed E-state index contributed by atoms with van der Waals surface area (Å²) in [7, 11) is 1.96. The van der Waals surface area contributed by atoms with Gasteiger partial charge in [-0.1, -0.05) is 6.07 Å². The van der Waals surface area contributed by atoms with Gasteiger partial charge >= 0.3 is 0 Å². The molecule has 2 N–H and O–H groups in total. The zero-order chi connectivity index (χ0) is 13.1. The van der Waals surface area contributed by atoms with Crippen LogP contribution in [0.1, 0.15) is 12.6 Å². The molecule has 2 rings (SSSR count). The van der Waals surface area contributed by atoms with E-state index in [1.165, 1.54) is 0 Å². The standard InChI is InChI=1S/C13H20N4O/c1-10-8-17(9-11-5-3-4-6-15-11)13(18)12(7-14)16(10)2/h3-6,10,12H,7-9,14H2,1-2H3. The molecule has 0 saturated carbocycles. The molecule has 1 amide bonds. The van der Waals surface area contributed by atoms with E-state index >= 15 is 0 Å². The molecule has 1 fully saturated rings. The molecule has 1 saturated heterocycles. The van der Waals surface area contributed by atoms with E-state index in [2.05, 4.69) is 16.8 Å². The zero-order valence-corrected chi connectivity index (χ0v) is 10.9. The number of hydrogen-bond donors (Lipinski definition) is 1. The lowest BCUT2D eigenvalue weighted by Gasteiger charge is -2.42. The van der Waals surface area contributed by atoms with E-state index in [9.17, 15) is 4.79 Å². The van der Waals surface area contributed by atoms with Gasteiger partial charge in [0.15, 0.2) is 0 Å². The maximum atomic E-state index is 12.3. The summed E-state index contributed by atoms with van der Waals surface area (Å²) in [4.78, 5) is 20.5. The fourth-order valence-corrected chi connectivity index (χ4v) is 2.33. The molecule has 0 aromatic carbocycles. The van der Waals surface area contributed by atoms with Gasteiger partial charge in [0, 0.05) is 25.3 Å². The van der Waals surface area contributed by atoms with Gasteiger partial charge in [-0.2, -0.15) is 0 Å². The summed E-state index contributed by atoms with van der Waals surface area (Å²) in [5.41, 5.74) is 6.61. The van der Waals surface area contributed by atoms with E-state index in [1.54, 1.807) is 6.20 Å². The van der Waals surface area contributed by atoms with Crippen LogP contribution in [0.25, 0.3) is 0 Å². The molecule has 5 nitrogen and oxygen atoms in total. The second-order valence-electron chi connectivity index (χ2n) is 4.81. The molecule has 1 aromatic rings. The number of nitrogens with two attached hydrogens (primary N) is 1. The topological polar surface area (TPSA) is 62.5 Å². The van der Waals surface area contributed by atoms with E-state index in [1.807, 2.05) is 30.1 Å². The van der Waals surface area contributed by atoms with Crippen molar-refractivity contribution in [1.29, 1.82) is 0 Å². The van der Waals surface area contributed by atoms with Crippen LogP contribution in [-0.4, -0.2) is 52.9 Å². The summed E-state index contributed by atoms with van der Waals surface area (Å²) in [5, 5.41) is 0. The summed E-state index contributed by atoms with van der Waals surface area (Å²) in [6, 6.07) is 5.86. The van der Waals surface area contributed by atoms with Gasteiger partial charge in [0.25, 0.3) is 0 Å². The highest BCUT2D eigenvalue weighted by Gasteiger charge is 2.35. The number of hydrogen-bond acceptors (Lipinski definition) is 4. The summed E-state index contributed by atoms with van der Waals surface area (Å²) < 4.78 is 0. The van der Waals surface area contributed by atoms with Crippen molar-refractivity contribution in [3.05, 3.63) is 30.1 Å². The van der Waals surface area contributed by atoms with E-state index < -0.39 is 0 Å². The molecule has 0 radical (unpaired) electrons. The predicted molar refractivity (Wildman–Crippen MR) is 69.7 cm³/mol. The number of pyridine rings is 1. The lowest BCUT2D eigenvalue weighted by molar-refractivity contribution is -0.143. The van der Waals surface area contributed by atoms with Crippen LogP contribution in [0, 0.1) is 0 Å². The van der Waals surface area contributed by atoms with Crippen LogP contribution in [0.15, 0.2) is 24.4 Å². The first-order valence-corrected chi connectivity index (χ1v) is 6.24. The molecule has 0 bridgehead atoms. The third kappa shape index (κ3) is 2.52. The number of amides is 1. The molecule has 0 spiro atoms. The normalized spacial score (nSPS) is 25.5. The van der Waals surface area contributed by atoms with Crippen molar-refractivity contribution >= 4 is 5.91 Å². The SMILES string of the molecule is CC1CN(Cc2ccccn2)C(=O)C(CN)N1C. The van der Waals surface area contributed by atoms with Crippen LogP contribution in [0.3, 0.4) is 0 Å². The zero-order valence-electron chi connectivity index (χ0n) is 10.9. The molecule has 0 aliphatic carbocycles. The van der Waals surface area contributed by atoms with Crippen molar-refractivity contribution in [2.75, 3.05) is 20.1 Å². The van der Waals surface area contributed by atoms with Crippen molar-refractivity contribution in [1.82, 2.24) is 14.8 Å². The van der Waals surface area contributed by atoms with Crippen molar-refractivity contribution in [3.63, 3.8) is 0 Å². The molecule has 1 aliphatic rings. The maximum absolute atomic E-state index is 12.3. The second kappa shape index (κ2) is 5.46. The second-order valence-corrected chi connectivity index (χ2v) is 4.81. The van der Waals surface area contributed by atoms with Crippen molar-refractivity contribution < 1.29 is 4.79 Å². The lowest BCUT2D eigenvalue weighted by atomic mass is 10.1. The van der Waals surface area contributed by atoms with E-state index in [0.29, 0.717) is 19.1 Å². The molecular formula is C13H20N4O. The molecule has 98 valence electrons. The quantitative estimate of drug-likeness (QED) is 0.822. The summed E-state index contributed by atoms with van der Waals surface area (Å²) in [6.07, 6.45) is 1.75. The molecule has 2 heterocycles. The van der Waals surface area contributed by atoms with Crippen molar-refractivity contribution in [2.45, 2.75) is 25.6 Å². The van der Waals surface area contributed by atoms with Crippen LogP contribution in [0.5, 0.6) is 0 Å². The van der Waals surface area contributed by atoms with E-state index in [0.717, 1.165) is 12.2 Å². The Kier molecular flexibility index (Phi) is 3.93. The fourth-order valence-electron chi connectivity index (χ4n) is 2.33. The third-order valence-electron chi connectivity index (χ3n) is 3.57. The lowest BCUT2D eigenvalue weighted by Crippen LogP contribution is -2.61. The van der Waals surface area contributed by atoms with Gasteiger partial charge in [-0.15, -0.1) is 0 Å². The Hall–Kier alpha value is -1.46. The Balaban J connectivity index is 2.11. The number of carbonyl (C=O) groups excluding carboxylic acids is 1. The van der Waals surface area contributed by atoms with Crippen LogP contribution in [0.4, 0.5) is 0 Å². The number of rotatable bonds is 3. The predicted octanol–water partition coefficient (Wildman–Crippen LogP) is 0.0714. The minimum atomic E-state index is -0.211. The van der Waals surface area contributed by atoms with Crippen molar-refractivity contribution in [2.24, 2.45) is 5.73 Å². The Bertz CT molecular complexity index is 409. The molecular weight excluding hydrogens is 228 g/mol. The summed E-state index contributed by atoms with van der Waals surface area (Å²) in [6.45, 7) is 3.76. The highest BCUT2D eigenvalue weighted by molar-refractivity contribution is 5.83. The molecule has 1 aromatic heterocycles. The minimum absolute atomic E-state index is 0.101. The van der Waals surface area contributed by atoms with Crippen LogP contribution >= 0.6 is 0 Å². The van der Waals surface area contributed by atoms with Crippen LogP contribution < -0.4 is 5.73 Å². The molecule has 1 aliphatic heterocycles. The third-order valence-corrected chi connectivity index (χ3v) is 3.57. The highest BCUT2D eigenvalue weighted by atomic mass is 16.2. The van der Waals surface area contributed by atoms with Gasteiger partial charge in [-0.3, -0.25) is 14.7 Å². The minimum Gasteiger partial charge on any atom is -0.334 e. The van der Waals surface area contributed by atoms with E-state index in [-0.39, 0.29) is 11.9 Å². The smallest absolute Gasteiger partial charge is 0.241 e. The van der Waals surface area contributed by atoms with Gasteiger partial charge in [0.2, 0.25) is 5.91 Å². The Labute approximate surface area is 108 Å². The number of piperazine rings is 1. The van der Waals surface area contributed by atoms with E-state index in [4.69, 9.17) is 5.73 Å². The number of likely N-dealkylation sites (N-methyl/N-ethyl adjacent to an activating group) is 1. The van der Waals surface area contributed by atoms with Crippen molar-refractivity contribution in [3.8, 4) is 0 Å². The monoisotopic (exact) mass is 248 g/mol. The summed E-state index contributed by atoms with van der Waals surface area (Å²) in [5.74, 6) is 0.101. The number of nitrogens with zero attached hydrogens (tertiary/aromatic N) is 3. The van der Waals surface area contributed by atoms with Gasteiger partial charge < -0.3 is 10.6 Å². The molecule has 2 atom stereocenters. The van der Waals surface area contributed by atoms with Crippen LogP contribution in [-0.2, 0) is 11.3 Å². The molecule has 18 heavy (non-hydrogen) atoms.